The molecule has 1 atom stereocenters. The minimum atomic E-state index is -0.281. The highest BCUT2D eigenvalue weighted by Gasteiger charge is 2.13. The third kappa shape index (κ3) is 4.21. The smallest absolute Gasteiger partial charge is 0.251 e. The SMILES string of the molecule is CC(NC(=O)CNC(=O)c1ccc2ccccc2c1)c1ccccc1Cl. The summed E-state index contributed by atoms with van der Waals surface area (Å²) in [6.07, 6.45) is 0. The number of fused-ring (bicyclic) bond motifs is 1. The molecule has 2 amide bonds. The van der Waals surface area contributed by atoms with Crippen LogP contribution in [0.25, 0.3) is 10.8 Å². The van der Waals surface area contributed by atoms with E-state index in [9.17, 15) is 9.59 Å². The summed E-state index contributed by atoms with van der Waals surface area (Å²) in [5.41, 5.74) is 1.36. The normalized spacial score (nSPS) is 11.8. The summed E-state index contributed by atoms with van der Waals surface area (Å²) in [6, 6.07) is 20.4. The predicted octanol–water partition coefficient (Wildman–Crippen LogP) is 4.10. The molecule has 3 aromatic rings. The molecule has 132 valence electrons. The third-order valence-corrected chi connectivity index (χ3v) is 4.51. The first-order chi connectivity index (χ1) is 12.5. The molecule has 0 saturated carbocycles. The summed E-state index contributed by atoms with van der Waals surface area (Å²) in [5, 5.41) is 8.13. The molecule has 0 saturated heterocycles. The van der Waals surface area contributed by atoms with Crippen LogP contribution in [0.15, 0.2) is 66.7 Å². The Kier molecular flexibility index (Phi) is 5.54. The van der Waals surface area contributed by atoms with Crippen LogP contribution < -0.4 is 10.6 Å². The lowest BCUT2D eigenvalue weighted by molar-refractivity contribution is -0.120. The van der Waals surface area contributed by atoms with Crippen LogP contribution in [0.5, 0.6) is 0 Å². The van der Waals surface area contributed by atoms with Gasteiger partial charge in [0.1, 0.15) is 0 Å². The highest BCUT2D eigenvalue weighted by Crippen LogP contribution is 2.21. The fourth-order valence-electron chi connectivity index (χ4n) is 2.79. The van der Waals surface area contributed by atoms with Crippen molar-refractivity contribution < 1.29 is 9.59 Å². The second-order valence-electron chi connectivity index (χ2n) is 6.06. The fraction of sp³-hybridized carbons (Fsp3) is 0.143. The average Bonchev–Trinajstić information content (AvgIpc) is 2.66. The van der Waals surface area contributed by atoms with Crippen LogP contribution >= 0.6 is 11.6 Å². The van der Waals surface area contributed by atoms with Gasteiger partial charge in [0, 0.05) is 10.6 Å². The lowest BCUT2D eigenvalue weighted by atomic mass is 10.1. The molecule has 1 unspecified atom stereocenters. The van der Waals surface area contributed by atoms with Crippen LogP contribution in [0.1, 0.15) is 28.9 Å². The van der Waals surface area contributed by atoms with Gasteiger partial charge >= 0.3 is 0 Å². The second-order valence-corrected chi connectivity index (χ2v) is 6.46. The molecule has 4 nitrogen and oxygen atoms in total. The van der Waals surface area contributed by atoms with E-state index in [1.54, 1.807) is 12.1 Å². The van der Waals surface area contributed by atoms with Crippen molar-refractivity contribution in [3.8, 4) is 0 Å². The van der Waals surface area contributed by atoms with E-state index in [4.69, 9.17) is 11.6 Å². The Hall–Kier alpha value is -2.85. The first-order valence-corrected chi connectivity index (χ1v) is 8.73. The number of rotatable bonds is 5. The number of nitrogens with one attached hydrogen (secondary N) is 2. The van der Waals surface area contributed by atoms with Crippen LogP contribution in [0, 0.1) is 0 Å². The van der Waals surface area contributed by atoms with Crippen molar-refractivity contribution in [2.75, 3.05) is 6.54 Å². The van der Waals surface area contributed by atoms with E-state index in [-0.39, 0.29) is 24.4 Å². The van der Waals surface area contributed by atoms with Gasteiger partial charge in [-0.3, -0.25) is 9.59 Å². The summed E-state index contributed by atoms with van der Waals surface area (Å²) >= 11 is 6.14. The van der Waals surface area contributed by atoms with Gasteiger partial charge in [0.25, 0.3) is 5.91 Å². The predicted molar refractivity (Wildman–Crippen MR) is 104 cm³/mol. The molecule has 2 N–H and O–H groups in total. The van der Waals surface area contributed by atoms with E-state index < -0.39 is 0 Å². The minimum Gasteiger partial charge on any atom is -0.348 e. The summed E-state index contributed by atoms with van der Waals surface area (Å²) < 4.78 is 0. The van der Waals surface area contributed by atoms with Crippen molar-refractivity contribution in [3.63, 3.8) is 0 Å². The van der Waals surface area contributed by atoms with Crippen molar-refractivity contribution in [1.29, 1.82) is 0 Å². The maximum atomic E-state index is 12.3. The molecule has 0 fully saturated rings. The van der Waals surface area contributed by atoms with Gasteiger partial charge in [0.05, 0.1) is 12.6 Å². The lowest BCUT2D eigenvalue weighted by Gasteiger charge is -2.16. The number of hydrogen-bond donors (Lipinski definition) is 2. The fourth-order valence-corrected chi connectivity index (χ4v) is 3.09. The summed E-state index contributed by atoms with van der Waals surface area (Å²) in [5.74, 6) is -0.553. The van der Waals surface area contributed by atoms with Gasteiger partial charge in [0.15, 0.2) is 0 Å². The van der Waals surface area contributed by atoms with Gasteiger partial charge in [-0.1, -0.05) is 60.1 Å². The van der Waals surface area contributed by atoms with E-state index in [2.05, 4.69) is 10.6 Å². The Balaban J connectivity index is 1.58. The minimum absolute atomic E-state index is 0.0968. The average molecular weight is 367 g/mol. The highest BCUT2D eigenvalue weighted by atomic mass is 35.5. The molecule has 0 spiro atoms. The largest absolute Gasteiger partial charge is 0.348 e. The zero-order chi connectivity index (χ0) is 18.5. The quantitative estimate of drug-likeness (QED) is 0.714. The van der Waals surface area contributed by atoms with E-state index in [1.165, 1.54) is 0 Å². The van der Waals surface area contributed by atoms with E-state index in [0.717, 1.165) is 16.3 Å². The van der Waals surface area contributed by atoms with Crippen molar-refractivity contribution >= 4 is 34.2 Å². The number of amides is 2. The number of carbonyl (C=O) groups excluding carboxylic acids is 2. The van der Waals surface area contributed by atoms with Gasteiger partial charge in [-0.25, -0.2) is 0 Å². The molecule has 5 heteroatoms. The molecule has 0 aliphatic heterocycles. The molecule has 3 rings (SSSR count). The topological polar surface area (TPSA) is 58.2 Å². The molecule has 0 aromatic heterocycles. The Labute approximate surface area is 157 Å². The van der Waals surface area contributed by atoms with Gasteiger partial charge in [-0.2, -0.15) is 0 Å². The van der Waals surface area contributed by atoms with Crippen LogP contribution in [0.3, 0.4) is 0 Å². The molecule has 0 radical (unpaired) electrons. The Bertz CT molecular complexity index is 955. The molecule has 0 heterocycles. The van der Waals surface area contributed by atoms with Gasteiger partial charge in [-0.15, -0.1) is 0 Å². The number of carbonyl (C=O) groups is 2. The monoisotopic (exact) mass is 366 g/mol. The van der Waals surface area contributed by atoms with Crippen LogP contribution in [-0.4, -0.2) is 18.4 Å². The standard InChI is InChI=1S/C21H19ClN2O2/c1-14(18-8-4-5-9-19(18)22)24-20(25)13-23-21(26)17-11-10-15-6-2-3-7-16(15)12-17/h2-12,14H,13H2,1H3,(H,23,26)(H,24,25). The number of benzene rings is 3. The van der Waals surface area contributed by atoms with Gasteiger partial charge < -0.3 is 10.6 Å². The number of hydrogen-bond acceptors (Lipinski definition) is 2. The van der Waals surface area contributed by atoms with Crippen molar-refractivity contribution in [1.82, 2.24) is 10.6 Å². The highest BCUT2D eigenvalue weighted by molar-refractivity contribution is 6.31. The van der Waals surface area contributed by atoms with Crippen molar-refractivity contribution in [2.24, 2.45) is 0 Å². The first kappa shape index (κ1) is 18.0. The maximum absolute atomic E-state index is 12.3. The molecule has 26 heavy (non-hydrogen) atoms. The molecule has 0 aliphatic carbocycles. The summed E-state index contributed by atoms with van der Waals surface area (Å²) in [6.45, 7) is 1.75. The number of halogens is 1. The van der Waals surface area contributed by atoms with Gasteiger partial charge in [0.2, 0.25) is 5.91 Å². The Morgan fingerprint density at radius 1 is 0.962 bits per heavy atom. The third-order valence-electron chi connectivity index (χ3n) is 4.17. The first-order valence-electron chi connectivity index (χ1n) is 8.35. The van der Waals surface area contributed by atoms with Crippen LogP contribution in [0.4, 0.5) is 0 Å². The molecular formula is C21H19ClN2O2. The molecule has 0 aliphatic rings. The summed E-state index contributed by atoms with van der Waals surface area (Å²) in [7, 11) is 0. The van der Waals surface area contributed by atoms with Crippen LogP contribution in [0.2, 0.25) is 5.02 Å². The van der Waals surface area contributed by atoms with Crippen molar-refractivity contribution in [2.45, 2.75) is 13.0 Å². The van der Waals surface area contributed by atoms with Gasteiger partial charge in [-0.05, 0) is 41.5 Å². The van der Waals surface area contributed by atoms with Crippen LogP contribution in [-0.2, 0) is 4.79 Å². The Morgan fingerprint density at radius 2 is 1.65 bits per heavy atom. The zero-order valence-corrected chi connectivity index (χ0v) is 15.1. The molecular weight excluding hydrogens is 348 g/mol. The Morgan fingerprint density at radius 3 is 2.42 bits per heavy atom. The lowest BCUT2D eigenvalue weighted by Crippen LogP contribution is -2.38. The van der Waals surface area contributed by atoms with E-state index in [0.29, 0.717) is 10.6 Å². The zero-order valence-electron chi connectivity index (χ0n) is 14.3. The van der Waals surface area contributed by atoms with E-state index in [1.807, 2.05) is 61.5 Å². The molecule has 3 aromatic carbocycles. The second kappa shape index (κ2) is 8.02. The maximum Gasteiger partial charge on any atom is 0.251 e. The molecule has 0 bridgehead atoms. The van der Waals surface area contributed by atoms with E-state index >= 15 is 0 Å². The van der Waals surface area contributed by atoms with Crippen molar-refractivity contribution in [3.05, 3.63) is 82.9 Å². The summed E-state index contributed by atoms with van der Waals surface area (Å²) in [4.78, 5) is 24.4.